The van der Waals surface area contributed by atoms with Crippen LogP contribution in [0.1, 0.15) is 65.2 Å². The lowest BCUT2D eigenvalue weighted by Crippen LogP contribution is -2.31. The molecule has 0 aliphatic heterocycles. The summed E-state index contributed by atoms with van der Waals surface area (Å²) in [5, 5.41) is 20.0. The Morgan fingerprint density at radius 3 is 2.37 bits per heavy atom. The Balaban J connectivity index is 1.61. The number of hydrogen-bond acceptors (Lipinski definition) is 7. The van der Waals surface area contributed by atoms with Gasteiger partial charge < -0.3 is 10.2 Å². The highest BCUT2D eigenvalue weighted by atomic mass is 32.2. The van der Waals surface area contributed by atoms with Crippen LogP contribution in [0.4, 0.5) is 0 Å². The van der Waals surface area contributed by atoms with Crippen LogP contribution in [0.15, 0.2) is 10.3 Å². The van der Waals surface area contributed by atoms with Gasteiger partial charge in [0.1, 0.15) is 14.8 Å². The molecule has 30 heavy (non-hydrogen) atoms. The smallest absolute Gasteiger partial charge is 0.236 e. The molecule has 0 bridgehead atoms. The molecule has 162 valence electrons. The van der Waals surface area contributed by atoms with Crippen LogP contribution < -0.4 is 4.72 Å². The molecule has 0 saturated heterocycles. The van der Waals surface area contributed by atoms with E-state index < -0.39 is 28.0 Å². The lowest BCUT2D eigenvalue weighted by molar-refractivity contribution is -0.118. The fourth-order valence-corrected chi connectivity index (χ4v) is 7.04. The van der Waals surface area contributed by atoms with E-state index in [1.807, 2.05) is 0 Å². The number of thiazole rings is 1. The van der Waals surface area contributed by atoms with Crippen molar-refractivity contribution in [3.05, 3.63) is 44.6 Å². The van der Waals surface area contributed by atoms with E-state index in [4.69, 9.17) is 4.78 Å². The van der Waals surface area contributed by atoms with Gasteiger partial charge in [-0.15, -0.1) is 11.3 Å². The highest BCUT2D eigenvalue weighted by molar-refractivity contribution is 7.93. The minimum absolute atomic E-state index is 0.0148. The predicted octanol–water partition coefficient (Wildman–Crippen LogP) is 2.52. The maximum absolute atomic E-state index is 13.1. The van der Waals surface area contributed by atoms with E-state index >= 15 is 0 Å². The summed E-state index contributed by atoms with van der Waals surface area (Å²) >= 11 is 0.888. The summed E-state index contributed by atoms with van der Waals surface area (Å²) < 4.78 is 23.8. The first-order valence-electron chi connectivity index (χ1n) is 10.2. The van der Waals surface area contributed by atoms with Crippen molar-refractivity contribution in [1.29, 1.82) is 4.78 Å². The van der Waals surface area contributed by atoms with Crippen molar-refractivity contribution in [2.24, 2.45) is 0 Å². The summed E-state index contributed by atoms with van der Waals surface area (Å²) in [7, 11) is -3.70. The van der Waals surface area contributed by atoms with E-state index in [1.165, 1.54) is 36.1 Å². The molecule has 0 fully saturated rings. The van der Waals surface area contributed by atoms with Crippen LogP contribution in [0.25, 0.3) is 0 Å². The number of aromatic nitrogens is 1. The summed E-state index contributed by atoms with van der Waals surface area (Å²) in [6.07, 6.45) is 6.26. The van der Waals surface area contributed by atoms with Crippen LogP contribution in [0.3, 0.4) is 0 Å². The fraction of sp³-hybridized carbons (Fsp3) is 0.524. The number of amides is 1. The Hall–Kier alpha value is -1.81. The third-order valence-electron chi connectivity index (χ3n) is 5.79. The van der Waals surface area contributed by atoms with E-state index in [-0.39, 0.29) is 21.3 Å². The molecule has 0 radical (unpaired) electrons. The Bertz CT molecular complexity index is 1080. The maximum atomic E-state index is 13.1. The second kappa shape index (κ2) is 7.71. The predicted molar refractivity (Wildman–Crippen MR) is 115 cm³/mol. The lowest BCUT2D eigenvalue weighted by Gasteiger charge is -2.16. The van der Waals surface area contributed by atoms with Crippen molar-refractivity contribution in [1.82, 2.24) is 9.71 Å². The summed E-state index contributed by atoms with van der Waals surface area (Å²) in [5.41, 5.74) is 4.96. The molecule has 0 saturated carbocycles. The van der Waals surface area contributed by atoms with Crippen molar-refractivity contribution in [2.45, 2.75) is 75.2 Å². The zero-order valence-electron chi connectivity index (χ0n) is 17.2. The molecule has 1 amide bonds. The van der Waals surface area contributed by atoms with Crippen LogP contribution in [0.2, 0.25) is 0 Å². The highest BCUT2D eigenvalue weighted by Crippen LogP contribution is 2.36. The molecular formula is C21H27N3O4S2. The van der Waals surface area contributed by atoms with Gasteiger partial charge in [-0.1, -0.05) is 6.07 Å². The molecule has 2 aromatic rings. The van der Waals surface area contributed by atoms with Crippen LogP contribution in [0.5, 0.6) is 0 Å². The summed E-state index contributed by atoms with van der Waals surface area (Å²) in [6.45, 7) is 2.53. The molecule has 4 N–H and O–H groups in total. The topological polar surface area (TPSA) is 123 Å². The number of nitrogens with zero attached hydrogens (tertiary/aromatic N) is 1. The molecule has 0 spiro atoms. The minimum atomic E-state index is -3.70. The number of aliphatic hydroxyl groups is 2. The Morgan fingerprint density at radius 1 is 1.23 bits per heavy atom. The van der Waals surface area contributed by atoms with Gasteiger partial charge in [0, 0.05) is 0 Å². The van der Waals surface area contributed by atoms with Crippen LogP contribution in [-0.4, -0.2) is 25.3 Å². The van der Waals surface area contributed by atoms with Crippen molar-refractivity contribution in [3.63, 3.8) is 0 Å². The number of benzene rings is 1. The van der Waals surface area contributed by atoms with Gasteiger partial charge in [0.2, 0.25) is 5.91 Å². The number of nitrogens with one attached hydrogen (secondary N) is 2. The van der Waals surface area contributed by atoms with Crippen molar-refractivity contribution in [3.8, 4) is 0 Å². The van der Waals surface area contributed by atoms with Gasteiger partial charge in [-0.25, -0.2) is 14.0 Å². The van der Waals surface area contributed by atoms with Crippen LogP contribution in [0, 0.1) is 4.78 Å². The number of rotatable bonds is 6. The molecular weight excluding hydrogens is 422 g/mol. The van der Waals surface area contributed by atoms with Gasteiger partial charge >= 0.3 is 0 Å². The zero-order valence-corrected chi connectivity index (χ0v) is 18.8. The molecule has 2 aliphatic carbocycles. The second-order valence-electron chi connectivity index (χ2n) is 8.57. The third-order valence-corrected chi connectivity index (χ3v) is 9.22. The zero-order chi connectivity index (χ0) is 21.7. The standard InChI is InChI=1S/C21H27N3O4S2/c1-21(2,27)20-23-17(11-25)19(29-20)30(22,28)24-18(26)10-16-14-7-3-5-12(14)9-13-6-4-8-15(13)16/h9,25,27H,3-8,10-11H2,1-2H3,(H2,22,24,26,28)/t30-/m1/s1. The van der Waals surface area contributed by atoms with E-state index in [0.717, 1.165) is 55.4 Å². The average Bonchev–Trinajstić information content (AvgIpc) is 3.38. The van der Waals surface area contributed by atoms with Crippen molar-refractivity contribution in [2.75, 3.05) is 0 Å². The van der Waals surface area contributed by atoms with Gasteiger partial charge in [0.15, 0.2) is 9.92 Å². The normalized spacial score (nSPS) is 17.5. The largest absolute Gasteiger partial charge is 0.390 e. The Morgan fingerprint density at radius 2 is 1.83 bits per heavy atom. The van der Waals surface area contributed by atoms with E-state index in [2.05, 4.69) is 15.8 Å². The van der Waals surface area contributed by atoms with Crippen LogP contribution in [-0.2, 0) is 59.0 Å². The molecule has 1 atom stereocenters. The number of fused-ring (bicyclic) bond motifs is 2. The number of carbonyl (C=O) groups is 1. The number of carbonyl (C=O) groups excluding carboxylic acids is 1. The maximum Gasteiger partial charge on any atom is 0.236 e. The van der Waals surface area contributed by atoms with Gasteiger partial charge in [-0.3, -0.25) is 9.52 Å². The molecule has 0 unspecified atom stereocenters. The third kappa shape index (κ3) is 3.91. The van der Waals surface area contributed by atoms with E-state index in [9.17, 15) is 19.2 Å². The molecule has 1 heterocycles. The monoisotopic (exact) mass is 449 g/mol. The molecule has 9 heteroatoms. The van der Waals surface area contributed by atoms with Gasteiger partial charge in [0.05, 0.1) is 18.7 Å². The summed E-state index contributed by atoms with van der Waals surface area (Å²) in [5.74, 6) is -0.466. The summed E-state index contributed by atoms with van der Waals surface area (Å²) in [4.78, 5) is 17.0. The molecule has 7 nitrogen and oxygen atoms in total. The Kier molecular flexibility index (Phi) is 5.50. The van der Waals surface area contributed by atoms with Gasteiger partial charge in [0.25, 0.3) is 0 Å². The van der Waals surface area contributed by atoms with Crippen molar-refractivity contribution >= 4 is 27.2 Å². The van der Waals surface area contributed by atoms with E-state index in [1.54, 1.807) is 0 Å². The Labute approximate surface area is 180 Å². The van der Waals surface area contributed by atoms with Gasteiger partial charge in [-0.05, 0) is 80.2 Å². The fourth-order valence-electron chi connectivity index (χ4n) is 4.48. The first-order valence-corrected chi connectivity index (χ1v) is 12.6. The minimum Gasteiger partial charge on any atom is -0.390 e. The number of hydrogen-bond donors (Lipinski definition) is 4. The van der Waals surface area contributed by atoms with Crippen molar-refractivity contribution < 1.29 is 19.2 Å². The number of aliphatic hydroxyl groups excluding tert-OH is 1. The first-order chi connectivity index (χ1) is 14.1. The molecule has 2 aliphatic rings. The SMILES string of the molecule is CC(C)(O)c1nc(CO)c([S@](=N)(=O)NC(=O)Cc2c3c(cc4c2CCC4)CCC3)s1. The second-order valence-corrected chi connectivity index (χ2v) is 11.5. The average molecular weight is 450 g/mol. The van der Waals surface area contributed by atoms with Crippen LogP contribution >= 0.6 is 11.3 Å². The molecule has 1 aromatic carbocycles. The molecule has 4 rings (SSSR count). The van der Waals surface area contributed by atoms with E-state index in [0.29, 0.717) is 0 Å². The molecule has 1 aromatic heterocycles. The lowest BCUT2D eigenvalue weighted by atomic mass is 9.92. The quantitative estimate of drug-likeness (QED) is 0.540. The number of aryl methyl sites for hydroxylation is 2. The summed E-state index contributed by atoms with van der Waals surface area (Å²) in [6, 6.07) is 2.29. The van der Waals surface area contributed by atoms with Gasteiger partial charge in [-0.2, -0.15) is 0 Å². The first kappa shape index (κ1) is 21.4. The highest BCUT2D eigenvalue weighted by Gasteiger charge is 2.30.